The number of alkyl carbamates (subject to hydrolysis) is 1. The number of amides is 1. The Morgan fingerprint density at radius 2 is 1.88 bits per heavy atom. The Kier molecular flexibility index (Phi) is 5.74. The van der Waals surface area contributed by atoms with Crippen molar-refractivity contribution in [3.05, 3.63) is 48.0 Å². The Bertz CT molecular complexity index is 628. The van der Waals surface area contributed by atoms with Gasteiger partial charge in [-0.1, -0.05) is 49.4 Å². The molecular formula is C20H25NO4. The molecule has 1 aromatic carbocycles. The molecular weight excluding hydrogens is 318 g/mol. The lowest BCUT2D eigenvalue weighted by molar-refractivity contribution is -0.145. The van der Waals surface area contributed by atoms with Crippen LogP contribution in [0, 0.1) is 17.8 Å². The zero-order chi connectivity index (χ0) is 17.6. The first-order valence-corrected chi connectivity index (χ1v) is 8.98. The van der Waals surface area contributed by atoms with E-state index in [9.17, 15) is 9.59 Å². The molecule has 2 aliphatic rings. The molecule has 0 radical (unpaired) electrons. The Hall–Kier alpha value is -2.30. The number of fused-ring (bicyclic) bond motifs is 2. The van der Waals surface area contributed by atoms with E-state index in [4.69, 9.17) is 9.47 Å². The number of hydrogen-bond donors (Lipinski definition) is 1. The lowest BCUT2D eigenvalue weighted by atomic mass is 9.89. The van der Waals surface area contributed by atoms with E-state index in [1.54, 1.807) is 0 Å². The minimum Gasteiger partial charge on any atom is -0.465 e. The summed E-state index contributed by atoms with van der Waals surface area (Å²) in [5.41, 5.74) is 0.954. The Morgan fingerprint density at radius 3 is 2.64 bits per heavy atom. The zero-order valence-electron chi connectivity index (χ0n) is 14.5. The number of rotatable bonds is 7. The van der Waals surface area contributed by atoms with E-state index in [-0.39, 0.29) is 24.5 Å². The summed E-state index contributed by atoms with van der Waals surface area (Å²) in [6.45, 7) is 2.56. The molecule has 1 N–H and O–H groups in total. The normalized spacial score (nSPS) is 26.4. The smallest absolute Gasteiger partial charge is 0.407 e. The number of carbonyl (C=O) groups excluding carboxylic acids is 2. The molecule has 4 atom stereocenters. The molecule has 1 amide bonds. The molecule has 0 spiro atoms. The van der Waals surface area contributed by atoms with Crippen LogP contribution in [0.5, 0.6) is 0 Å². The van der Waals surface area contributed by atoms with Crippen LogP contribution in [-0.4, -0.2) is 24.7 Å². The first-order valence-electron chi connectivity index (χ1n) is 8.98. The van der Waals surface area contributed by atoms with Gasteiger partial charge in [0.1, 0.15) is 6.61 Å². The van der Waals surface area contributed by atoms with Crippen molar-refractivity contribution in [3.63, 3.8) is 0 Å². The third-order valence-electron chi connectivity index (χ3n) is 5.01. The fourth-order valence-electron chi connectivity index (χ4n) is 3.73. The van der Waals surface area contributed by atoms with E-state index < -0.39 is 6.09 Å². The summed E-state index contributed by atoms with van der Waals surface area (Å²) in [7, 11) is 0. The molecule has 2 bridgehead atoms. The maximum atomic E-state index is 12.2. The predicted molar refractivity (Wildman–Crippen MR) is 93.6 cm³/mol. The number of esters is 1. The number of ether oxygens (including phenoxy) is 2. The van der Waals surface area contributed by atoms with Crippen LogP contribution in [0.15, 0.2) is 42.5 Å². The topological polar surface area (TPSA) is 64.6 Å². The van der Waals surface area contributed by atoms with Gasteiger partial charge in [-0.15, -0.1) is 0 Å². The third-order valence-corrected chi connectivity index (χ3v) is 5.01. The second kappa shape index (κ2) is 8.19. The van der Waals surface area contributed by atoms with Gasteiger partial charge in [-0.2, -0.15) is 0 Å². The summed E-state index contributed by atoms with van der Waals surface area (Å²) < 4.78 is 10.7. The monoisotopic (exact) mass is 343 g/mol. The van der Waals surface area contributed by atoms with Gasteiger partial charge in [0, 0.05) is 18.4 Å². The van der Waals surface area contributed by atoms with Crippen molar-refractivity contribution in [1.82, 2.24) is 5.32 Å². The quantitative estimate of drug-likeness (QED) is 0.608. The van der Waals surface area contributed by atoms with Crippen LogP contribution >= 0.6 is 0 Å². The van der Waals surface area contributed by atoms with Gasteiger partial charge in [0.15, 0.2) is 0 Å². The molecule has 1 saturated carbocycles. The molecule has 0 heterocycles. The van der Waals surface area contributed by atoms with Crippen molar-refractivity contribution < 1.29 is 19.1 Å². The van der Waals surface area contributed by atoms with Gasteiger partial charge in [-0.05, 0) is 30.2 Å². The third kappa shape index (κ3) is 4.41. The Balaban J connectivity index is 1.51. The largest absolute Gasteiger partial charge is 0.465 e. The molecule has 0 aromatic heterocycles. The van der Waals surface area contributed by atoms with Crippen LogP contribution < -0.4 is 5.32 Å². The van der Waals surface area contributed by atoms with Gasteiger partial charge < -0.3 is 14.8 Å². The highest BCUT2D eigenvalue weighted by Gasteiger charge is 2.45. The summed E-state index contributed by atoms with van der Waals surface area (Å²) in [5, 5.41) is 2.98. The number of hydrogen-bond acceptors (Lipinski definition) is 4. The van der Waals surface area contributed by atoms with Gasteiger partial charge in [0.2, 0.25) is 0 Å². The minimum atomic E-state index is -0.417. The van der Waals surface area contributed by atoms with Gasteiger partial charge in [-0.3, -0.25) is 4.79 Å². The molecule has 25 heavy (non-hydrogen) atoms. The molecule has 134 valence electrons. The molecule has 5 nitrogen and oxygen atoms in total. The standard InChI is InChI=1S/C20H25NO4/c1-2-6-18(22)24-13-17-15-9-10-16(11-15)19(17)21-20(23)25-12-14-7-4-3-5-8-14/h3-5,7-10,15-17,19H,2,6,11-13H2,1H3,(H,21,23)/t15-,16+,17+,19-/m0/s1. The van der Waals surface area contributed by atoms with Gasteiger partial charge in [0.05, 0.1) is 6.61 Å². The molecule has 2 aliphatic carbocycles. The summed E-state index contributed by atoms with van der Waals surface area (Å²) >= 11 is 0. The number of benzene rings is 1. The van der Waals surface area contributed by atoms with Gasteiger partial charge >= 0.3 is 12.1 Å². The lowest BCUT2D eigenvalue weighted by Gasteiger charge is -2.28. The van der Waals surface area contributed by atoms with Crippen molar-refractivity contribution in [1.29, 1.82) is 0 Å². The Morgan fingerprint density at radius 1 is 1.12 bits per heavy atom. The Labute approximate surface area is 148 Å². The van der Waals surface area contributed by atoms with E-state index in [0.717, 1.165) is 18.4 Å². The van der Waals surface area contributed by atoms with Crippen molar-refractivity contribution in [3.8, 4) is 0 Å². The molecule has 0 saturated heterocycles. The average Bonchev–Trinajstić information content (AvgIpc) is 3.21. The lowest BCUT2D eigenvalue weighted by Crippen LogP contribution is -2.44. The molecule has 3 rings (SSSR count). The summed E-state index contributed by atoms with van der Waals surface area (Å²) in [6.07, 6.45) is 6.13. The molecule has 0 unspecified atom stereocenters. The number of allylic oxidation sites excluding steroid dienone is 1. The maximum Gasteiger partial charge on any atom is 0.407 e. The van der Waals surface area contributed by atoms with Crippen molar-refractivity contribution in [2.45, 2.75) is 38.8 Å². The predicted octanol–water partition coefficient (Wildman–Crippen LogP) is 3.45. The fraction of sp³-hybridized carbons (Fsp3) is 0.500. The van der Waals surface area contributed by atoms with Gasteiger partial charge in [0.25, 0.3) is 0 Å². The zero-order valence-corrected chi connectivity index (χ0v) is 14.5. The second-order valence-corrected chi connectivity index (χ2v) is 6.78. The fourth-order valence-corrected chi connectivity index (χ4v) is 3.73. The van der Waals surface area contributed by atoms with E-state index in [1.807, 2.05) is 37.3 Å². The summed E-state index contributed by atoms with van der Waals surface area (Å²) in [5.74, 6) is 0.614. The van der Waals surface area contributed by atoms with Gasteiger partial charge in [-0.25, -0.2) is 4.79 Å². The summed E-state index contributed by atoms with van der Waals surface area (Å²) in [4.78, 5) is 23.8. The van der Waals surface area contributed by atoms with E-state index in [0.29, 0.717) is 24.9 Å². The van der Waals surface area contributed by atoms with Crippen LogP contribution in [0.2, 0.25) is 0 Å². The van der Waals surface area contributed by atoms with Crippen LogP contribution in [0.1, 0.15) is 31.7 Å². The van der Waals surface area contributed by atoms with Crippen LogP contribution in [0.4, 0.5) is 4.79 Å². The number of carbonyl (C=O) groups is 2. The van der Waals surface area contributed by atoms with Crippen molar-refractivity contribution in [2.24, 2.45) is 17.8 Å². The van der Waals surface area contributed by atoms with E-state index in [1.165, 1.54) is 0 Å². The molecule has 1 aromatic rings. The van der Waals surface area contributed by atoms with E-state index in [2.05, 4.69) is 17.5 Å². The molecule has 0 aliphatic heterocycles. The highest BCUT2D eigenvalue weighted by atomic mass is 16.5. The maximum absolute atomic E-state index is 12.2. The summed E-state index contributed by atoms with van der Waals surface area (Å²) in [6, 6.07) is 9.56. The second-order valence-electron chi connectivity index (χ2n) is 6.78. The van der Waals surface area contributed by atoms with E-state index >= 15 is 0 Å². The van der Waals surface area contributed by atoms with Crippen LogP contribution in [-0.2, 0) is 20.9 Å². The van der Waals surface area contributed by atoms with Crippen molar-refractivity contribution >= 4 is 12.1 Å². The first-order chi connectivity index (χ1) is 12.2. The van der Waals surface area contributed by atoms with Crippen LogP contribution in [0.3, 0.4) is 0 Å². The highest BCUT2D eigenvalue weighted by Crippen LogP contribution is 2.43. The minimum absolute atomic E-state index is 0.0345. The van der Waals surface area contributed by atoms with Crippen molar-refractivity contribution in [2.75, 3.05) is 6.61 Å². The average molecular weight is 343 g/mol. The number of nitrogens with one attached hydrogen (secondary N) is 1. The first kappa shape index (κ1) is 17.5. The molecule has 5 heteroatoms. The SMILES string of the molecule is CCCC(=O)OC[C@H]1[C@@H](NC(=O)OCc2ccccc2)[C@@H]2C=C[C@H]1C2. The van der Waals surface area contributed by atoms with Crippen LogP contribution in [0.25, 0.3) is 0 Å². The highest BCUT2D eigenvalue weighted by molar-refractivity contribution is 5.69. The molecule has 1 fully saturated rings.